The molecule has 0 spiro atoms. The van der Waals surface area contributed by atoms with Crippen molar-refractivity contribution in [3.8, 4) is 62.0 Å². The fourth-order valence-electron chi connectivity index (χ4n) is 7.64. The van der Waals surface area contributed by atoms with Gasteiger partial charge in [0.15, 0.2) is 5.82 Å². The average Bonchev–Trinajstić information content (AvgIpc) is 3.51. The lowest BCUT2D eigenvalue weighted by molar-refractivity contribution is 1.13. The van der Waals surface area contributed by atoms with Crippen LogP contribution in [0.25, 0.3) is 72.9 Å². The molecular weight excluding hydrogens is 633 g/mol. The number of anilines is 3. The Kier molecular flexibility index (Phi) is 7.10. The maximum Gasteiger partial charge on any atom is 0.160 e. The molecule has 3 heterocycles. The molecule has 7 aromatic carbocycles. The maximum atomic E-state index is 5.17. The summed E-state index contributed by atoms with van der Waals surface area (Å²) in [6, 6.07) is 68.5. The van der Waals surface area contributed by atoms with Crippen molar-refractivity contribution in [1.29, 1.82) is 0 Å². The van der Waals surface area contributed by atoms with E-state index in [0.29, 0.717) is 5.82 Å². The first-order valence-electron chi connectivity index (χ1n) is 17.6. The normalized spacial score (nSPS) is 11.8. The molecule has 0 fully saturated rings. The van der Waals surface area contributed by atoms with Gasteiger partial charge < -0.3 is 9.47 Å². The predicted octanol–water partition coefficient (Wildman–Crippen LogP) is 12.5. The van der Waals surface area contributed by atoms with Gasteiger partial charge in [0.1, 0.15) is 0 Å². The second-order valence-electron chi connectivity index (χ2n) is 13.0. The Balaban J connectivity index is 1.23. The van der Waals surface area contributed by atoms with Crippen LogP contribution in [0.5, 0.6) is 0 Å². The third-order valence-corrected chi connectivity index (χ3v) is 9.93. The van der Waals surface area contributed by atoms with E-state index in [2.05, 4.69) is 179 Å². The highest BCUT2D eigenvalue weighted by molar-refractivity contribution is 6.13. The number of benzene rings is 7. The number of para-hydroxylation sites is 4. The van der Waals surface area contributed by atoms with Crippen LogP contribution in [0.15, 0.2) is 194 Å². The van der Waals surface area contributed by atoms with E-state index < -0.39 is 0 Å². The molecule has 0 amide bonds. The monoisotopic (exact) mass is 664 g/mol. The molecular formula is C48H32N4. The van der Waals surface area contributed by atoms with E-state index >= 15 is 0 Å². The van der Waals surface area contributed by atoms with Gasteiger partial charge in [-0.15, -0.1) is 0 Å². The van der Waals surface area contributed by atoms with Crippen LogP contribution in [0.4, 0.5) is 17.1 Å². The van der Waals surface area contributed by atoms with Crippen molar-refractivity contribution in [2.24, 2.45) is 0 Å². The molecule has 0 N–H and O–H groups in total. The van der Waals surface area contributed by atoms with Gasteiger partial charge in [-0.05, 0) is 48.5 Å². The minimum atomic E-state index is 0.703. The molecule has 0 unspecified atom stereocenters. The minimum absolute atomic E-state index is 0.703. The Morgan fingerprint density at radius 1 is 0.385 bits per heavy atom. The van der Waals surface area contributed by atoms with Crippen LogP contribution in [-0.2, 0) is 0 Å². The largest absolute Gasteiger partial charge is 0.309 e. The van der Waals surface area contributed by atoms with Crippen molar-refractivity contribution in [3.63, 3.8) is 0 Å². The zero-order valence-corrected chi connectivity index (χ0v) is 28.3. The Morgan fingerprint density at radius 3 is 1.67 bits per heavy atom. The second kappa shape index (κ2) is 12.4. The maximum absolute atomic E-state index is 5.17. The molecule has 2 aromatic heterocycles. The summed E-state index contributed by atoms with van der Waals surface area (Å²) >= 11 is 0. The standard InChI is InChI=1S/C48H32N4/c1-4-17-33(18-5-1)41-32-42(50-48(49-41)34-19-6-2-7-20-34)35-21-16-24-37(31-35)52-44-29-14-11-26-39(44)46-38-25-10-13-28-43(38)51(36-22-8-3-9-23-36)45-30-15-12-27-40(45)47(46)52/h1-32H. The van der Waals surface area contributed by atoms with Crippen molar-refractivity contribution < 1.29 is 0 Å². The van der Waals surface area contributed by atoms with E-state index in [4.69, 9.17) is 9.97 Å². The third kappa shape index (κ3) is 4.92. The van der Waals surface area contributed by atoms with Gasteiger partial charge >= 0.3 is 0 Å². The second-order valence-corrected chi connectivity index (χ2v) is 13.0. The highest BCUT2D eigenvalue weighted by Gasteiger charge is 2.31. The average molecular weight is 665 g/mol. The molecule has 0 radical (unpaired) electrons. The lowest BCUT2D eigenvalue weighted by Crippen LogP contribution is -2.11. The van der Waals surface area contributed by atoms with Crippen LogP contribution in [0, 0.1) is 0 Å². The molecule has 1 aliphatic rings. The highest BCUT2D eigenvalue weighted by Crippen LogP contribution is 2.54. The molecule has 9 aromatic rings. The molecule has 52 heavy (non-hydrogen) atoms. The number of rotatable bonds is 5. The fourth-order valence-corrected chi connectivity index (χ4v) is 7.64. The summed E-state index contributed by atoms with van der Waals surface area (Å²) in [6.45, 7) is 0. The third-order valence-electron chi connectivity index (χ3n) is 9.93. The van der Waals surface area contributed by atoms with Crippen LogP contribution in [-0.4, -0.2) is 14.5 Å². The van der Waals surface area contributed by atoms with E-state index in [1.54, 1.807) is 0 Å². The van der Waals surface area contributed by atoms with Gasteiger partial charge in [0.05, 0.1) is 34.0 Å². The molecule has 4 heteroatoms. The molecule has 0 bridgehead atoms. The lowest BCUT2D eigenvalue weighted by Gasteiger charge is -2.27. The quantitative estimate of drug-likeness (QED) is 0.184. The van der Waals surface area contributed by atoms with E-state index in [-0.39, 0.29) is 0 Å². The van der Waals surface area contributed by atoms with Crippen molar-refractivity contribution in [1.82, 2.24) is 14.5 Å². The highest BCUT2D eigenvalue weighted by atomic mass is 15.2. The smallest absolute Gasteiger partial charge is 0.160 e. The predicted molar refractivity (Wildman–Crippen MR) is 214 cm³/mol. The number of fused-ring (bicyclic) bond motifs is 7. The van der Waals surface area contributed by atoms with E-state index in [9.17, 15) is 0 Å². The van der Waals surface area contributed by atoms with Gasteiger partial charge in [-0.2, -0.15) is 0 Å². The summed E-state index contributed by atoms with van der Waals surface area (Å²) in [5.74, 6) is 0.703. The van der Waals surface area contributed by atoms with Gasteiger partial charge in [0, 0.05) is 50.1 Å². The van der Waals surface area contributed by atoms with Gasteiger partial charge in [-0.25, -0.2) is 9.97 Å². The molecule has 0 saturated carbocycles. The number of hydrogen-bond acceptors (Lipinski definition) is 3. The first kappa shape index (κ1) is 29.8. The number of hydrogen-bond donors (Lipinski definition) is 0. The topological polar surface area (TPSA) is 34.0 Å². The molecule has 4 nitrogen and oxygen atoms in total. The minimum Gasteiger partial charge on any atom is -0.309 e. The SMILES string of the molecule is c1ccc(-c2cc(-c3cccc(-n4c5c(c6ccccc64)-c4ccccc4N(c4ccccc4)c4ccccc4-5)c3)nc(-c3ccccc3)n2)cc1. The Bertz CT molecular complexity index is 2680. The summed E-state index contributed by atoms with van der Waals surface area (Å²) in [4.78, 5) is 12.6. The molecule has 1 aliphatic heterocycles. The van der Waals surface area contributed by atoms with Crippen LogP contribution in [0.1, 0.15) is 0 Å². The zero-order chi connectivity index (χ0) is 34.4. The first-order valence-corrected chi connectivity index (χ1v) is 17.6. The summed E-state index contributed by atoms with van der Waals surface area (Å²) in [5.41, 5.74) is 15.2. The van der Waals surface area contributed by atoms with E-state index in [0.717, 1.165) is 62.0 Å². The Morgan fingerprint density at radius 2 is 0.923 bits per heavy atom. The Labute approximate surface area is 302 Å². The van der Waals surface area contributed by atoms with E-state index in [1.165, 1.54) is 22.1 Å². The first-order chi connectivity index (χ1) is 25.8. The molecule has 0 saturated heterocycles. The van der Waals surface area contributed by atoms with Gasteiger partial charge in [-0.3, -0.25) is 0 Å². The lowest BCUT2D eigenvalue weighted by atomic mass is 9.98. The summed E-state index contributed by atoms with van der Waals surface area (Å²) in [6.07, 6.45) is 0. The fraction of sp³-hybridized carbons (Fsp3) is 0. The summed E-state index contributed by atoms with van der Waals surface area (Å²) in [5, 5.41) is 1.21. The van der Waals surface area contributed by atoms with E-state index in [1.807, 2.05) is 24.3 Å². The van der Waals surface area contributed by atoms with Crippen LogP contribution < -0.4 is 4.90 Å². The summed E-state index contributed by atoms with van der Waals surface area (Å²) in [7, 11) is 0. The van der Waals surface area contributed by atoms with Crippen LogP contribution in [0.2, 0.25) is 0 Å². The van der Waals surface area contributed by atoms with Crippen molar-refractivity contribution in [2.75, 3.05) is 4.90 Å². The molecule has 0 aliphatic carbocycles. The van der Waals surface area contributed by atoms with Gasteiger partial charge in [0.25, 0.3) is 0 Å². The van der Waals surface area contributed by atoms with Crippen molar-refractivity contribution in [3.05, 3.63) is 194 Å². The van der Waals surface area contributed by atoms with Crippen LogP contribution >= 0.6 is 0 Å². The molecule has 0 atom stereocenters. The molecule has 10 rings (SSSR count). The van der Waals surface area contributed by atoms with Gasteiger partial charge in [0.2, 0.25) is 0 Å². The van der Waals surface area contributed by atoms with Crippen LogP contribution in [0.3, 0.4) is 0 Å². The van der Waals surface area contributed by atoms with Crippen molar-refractivity contribution >= 4 is 28.0 Å². The zero-order valence-electron chi connectivity index (χ0n) is 28.3. The van der Waals surface area contributed by atoms with Crippen molar-refractivity contribution in [2.45, 2.75) is 0 Å². The number of nitrogens with zero attached hydrogens (tertiary/aromatic N) is 4. The molecule has 244 valence electrons. The Hall–Kier alpha value is -7.04. The summed E-state index contributed by atoms with van der Waals surface area (Å²) < 4.78 is 2.44. The number of aromatic nitrogens is 3. The van der Waals surface area contributed by atoms with Gasteiger partial charge in [-0.1, -0.05) is 146 Å².